The van der Waals surface area contributed by atoms with Crippen LogP contribution in [0.15, 0.2) is 42.0 Å². The monoisotopic (exact) mass is 382 g/mol. The highest BCUT2D eigenvalue weighted by Crippen LogP contribution is 2.17. The van der Waals surface area contributed by atoms with Gasteiger partial charge in [0.15, 0.2) is 0 Å². The number of Topliss-reactive ketones (excluding diaryl/α,β-unsaturated/α-hetero) is 1. The van der Waals surface area contributed by atoms with Crippen LogP contribution in [0.1, 0.15) is 23.2 Å². The Bertz CT molecular complexity index is 605. The van der Waals surface area contributed by atoms with Crippen LogP contribution in [-0.4, -0.2) is 41.9 Å². The van der Waals surface area contributed by atoms with E-state index in [9.17, 15) is 9.59 Å². The van der Waals surface area contributed by atoms with E-state index in [0.29, 0.717) is 18.5 Å². The van der Waals surface area contributed by atoms with E-state index < -0.39 is 5.97 Å². The molecule has 1 rings (SSSR count). The topological polar surface area (TPSA) is 146 Å². The van der Waals surface area contributed by atoms with Gasteiger partial charge in [0.2, 0.25) is 5.17 Å². The number of hydrogen-bond donors (Lipinski definition) is 5. The fourth-order valence-electron chi connectivity index (χ4n) is 1.52. The zero-order valence-corrected chi connectivity index (χ0v) is 15.8. The number of nitrogens with two attached hydrogens (primary N) is 2. The number of carbonyl (C=O) groups is 2. The number of nitrogens with one attached hydrogen (secondary N) is 2. The molecule has 0 aliphatic carbocycles. The van der Waals surface area contributed by atoms with Gasteiger partial charge in [-0.25, -0.2) is 10.6 Å². The molecule has 144 valence electrons. The highest BCUT2D eigenvalue weighted by atomic mass is 32.2. The van der Waals surface area contributed by atoms with Crippen LogP contribution in [-0.2, 0) is 4.79 Å². The molecule has 9 nitrogen and oxygen atoms in total. The number of ketones is 1. The number of hydrazine groups is 2. The van der Waals surface area contributed by atoms with Gasteiger partial charge in [0.1, 0.15) is 5.78 Å². The standard InChI is InChI=1S/C14H18N4O3S.C2H8N2/c1-2-3-4-12(19)9-22-14(17-15)18(16)11-7-5-10(6-8-11)13(20)21;1-3-4-2/h2,5-8H,1,3-4,9,15-16H2,(H,20,21);3-4H,1-2H3/b17-14+;. The molecule has 0 fully saturated rings. The molecule has 0 spiro atoms. The van der Waals surface area contributed by atoms with Crippen molar-refractivity contribution in [1.29, 1.82) is 0 Å². The molecule has 0 aliphatic rings. The van der Waals surface area contributed by atoms with E-state index in [0.717, 1.165) is 11.8 Å². The van der Waals surface area contributed by atoms with Crippen LogP contribution in [0.2, 0.25) is 0 Å². The number of carbonyl (C=O) groups excluding carboxylic acids is 1. The number of carboxylic acid groups (broad SMARTS) is 1. The summed E-state index contributed by atoms with van der Waals surface area (Å²) in [5, 5.41) is 13.9. The van der Waals surface area contributed by atoms with Crippen LogP contribution in [0, 0.1) is 0 Å². The second-order valence-electron chi connectivity index (χ2n) is 4.79. The summed E-state index contributed by atoms with van der Waals surface area (Å²) in [7, 11) is 3.64. The lowest BCUT2D eigenvalue weighted by Crippen LogP contribution is -2.36. The Morgan fingerprint density at radius 2 is 1.88 bits per heavy atom. The van der Waals surface area contributed by atoms with Gasteiger partial charge in [0.05, 0.1) is 17.0 Å². The molecule has 0 bridgehead atoms. The maximum Gasteiger partial charge on any atom is 0.335 e. The van der Waals surface area contributed by atoms with E-state index in [1.807, 2.05) is 14.1 Å². The number of amidine groups is 1. The summed E-state index contributed by atoms with van der Waals surface area (Å²) in [5.74, 6) is 10.4. The molecule has 0 aromatic heterocycles. The number of carboxylic acids is 1. The van der Waals surface area contributed by atoms with Crippen molar-refractivity contribution in [2.75, 3.05) is 24.9 Å². The van der Waals surface area contributed by atoms with Gasteiger partial charge < -0.3 is 10.9 Å². The third-order valence-electron chi connectivity index (χ3n) is 2.95. The van der Waals surface area contributed by atoms with Gasteiger partial charge in [0.25, 0.3) is 0 Å². The van der Waals surface area contributed by atoms with Gasteiger partial charge in [-0.3, -0.25) is 20.7 Å². The number of benzene rings is 1. The van der Waals surface area contributed by atoms with Crippen LogP contribution in [0.4, 0.5) is 5.69 Å². The number of nitrogens with zero attached hydrogens (tertiary/aromatic N) is 2. The molecule has 10 heteroatoms. The smallest absolute Gasteiger partial charge is 0.335 e. The van der Waals surface area contributed by atoms with E-state index in [-0.39, 0.29) is 22.3 Å². The third-order valence-corrected chi connectivity index (χ3v) is 3.98. The molecule has 1 aromatic carbocycles. The number of rotatable bonds is 8. The van der Waals surface area contributed by atoms with Gasteiger partial charge >= 0.3 is 5.97 Å². The minimum Gasteiger partial charge on any atom is -0.478 e. The maximum absolute atomic E-state index is 11.6. The maximum atomic E-state index is 11.6. The van der Waals surface area contributed by atoms with Gasteiger partial charge in [-0.05, 0) is 44.8 Å². The molecule has 26 heavy (non-hydrogen) atoms. The lowest BCUT2D eigenvalue weighted by atomic mass is 10.2. The third kappa shape index (κ3) is 9.18. The summed E-state index contributed by atoms with van der Waals surface area (Å²) in [6.45, 7) is 3.56. The molecule has 0 aliphatic heterocycles. The summed E-state index contributed by atoms with van der Waals surface area (Å²) in [5.41, 5.74) is 6.02. The van der Waals surface area contributed by atoms with Crippen molar-refractivity contribution in [3.05, 3.63) is 42.5 Å². The molecule has 0 saturated carbocycles. The first-order valence-corrected chi connectivity index (χ1v) is 8.64. The second kappa shape index (κ2) is 13.8. The van der Waals surface area contributed by atoms with Crippen molar-refractivity contribution in [3.63, 3.8) is 0 Å². The van der Waals surface area contributed by atoms with Gasteiger partial charge in [-0.15, -0.1) is 6.58 Å². The number of anilines is 1. The van der Waals surface area contributed by atoms with Crippen LogP contribution in [0.25, 0.3) is 0 Å². The summed E-state index contributed by atoms with van der Waals surface area (Å²) < 4.78 is 0. The molecule has 0 amide bonds. The zero-order valence-electron chi connectivity index (χ0n) is 14.9. The Balaban J connectivity index is 0.00000141. The largest absolute Gasteiger partial charge is 0.478 e. The molecule has 7 N–H and O–H groups in total. The number of hydrogen-bond acceptors (Lipinski definition) is 8. The number of thioether (sulfide) groups is 1. The van der Waals surface area contributed by atoms with Crippen molar-refractivity contribution < 1.29 is 14.7 Å². The highest BCUT2D eigenvalue weighted by Gasteiger charge is 2.13. The van der Waals surface area contributed by atoms with Crippen molar-refractivity contribution in [1.82, 2.24) is 10.9 Å². The number of hydrazone groups is 1. The molecule has 0 saturated heterocycles. The Morgan fingerprint density at radius 1 is 1.31 bits per heavy atom. The molecule has 0 radical (unpaired) electrons. The van der Waals surface area contributed by atoms with Crippen LogP contribution >= 0.6 is 11.8 Å². The first-order valence-electron chi connectivity index (χ1n) is 7.66. The molecule has 0 unspecified atom stereocenters. The number of allylic oxidation sites excluding steroid dienone is 1. The molecular formula is C16H26N6O3S. The Labute approximate surface area is 157 Å². The van der Waals surface area contributed by atoms with Crippen molar-refractivity contribution >= 4 is 34.4 Å². The molecular weight excluding hydrogens is 356 g/mol. The summed E-state index contributed by atoms with van der Waals surface area (Å²) in [6.07, 6.45) is 2.71. The molecule has 0 heterocycles. The normalized spacial score (nSPS) is 10.5. The van der Waals surface area contributed by atoms with Crippen molar-refractivity contribution in [2.45, 2.75) is 12.8 Å². The Hall–Kier alpha value is -2.40. The fourth-order valence-corrected chi connectivity index (χ4v) is 2.28. The number of aromatic carboxylic acids is 1. The predicted octanol–water partition coefficient (Wildman–Crippen LogP) is 0.903. The SMILES string of the molecule is C=CCCC(=O)CS/C(=N/N)N(N)c1ccc(C(=O)O)cc1.CNNC. The van der Waals surface area contributed by atoms with Gasteiger partial charge in [-0.2, -0.15) is 5.10 Å². The van der Waals surface area contributed by atoms with E-state index in [4.69, 9.17) is 16.8 Å². The first kappa shape index (κ1) is 23.6. The van der Waals surface area contributed by atoms with Gasteiger partial charge in [0, 0.05) is 6.42 Å². The zero-order chi connectivity index (χ0) is 19.9. The summed E-state index contributed by atoms with van der Waals surface area (Å²) in [6, 6.07) is 5.92. The van der Waals surface area contributed by atoms with Crippen molar-refractivity contribution in [3.8, 4) is 0 Å². The average molecular weight is 382 g/mol. The highest BCUT2D eigenvalue weighted by molar-refractivity contribution is 8.14. The summed E-state index contributed by atoms with van der Waals surface area (Å²) in [4.78, 5) is 22.4. The lowest BCUT2D eigenvalue weighted by Gasteiger charge is -2.19. The first-order chi connectivity index (χ1) is 12.4. The molecule has 1 aromatic rings. The fraction of sp³-hybridized carbons (Fsp3) is 0.312. The van der Waals surface area contributed by atoms with Crippen LogP contribution in [0.5, 0.6) is 0 Å². The summed E-state index contributed by atoms with van der Waals surface area (Å²) >= 11 is 1.12. The van der Waals surface area contributed by atoms with Crippen LogP contribution in [0.3, 0.4) is 0 Å². The van der Waals surface area contributed by atoms with Crippen molar-refractivity contribution in [2.24, 2.45) is 16.8 Å². The minimum absolute atomic E-state index is 0.0423. The van der Waals surface area contributed by atoms with E-state index in [1.165, 1.54) is 29.3 Å². The lowest BCUT2D eigenvalue weighted by molar-refractivity contribution is -0.116. The minimum atomic E-state index is -1.02. The average Bonchev–Trinajstić information content (AvgIpc) is 2.66. The Kier molecular flexibility index (Phi) is 12.6. The predicted molar refractivity (Wildman–Crippen MR) is 107 cm³/mol. The molecule has 0 atom stereocenters. The van der Waals surface area contributed by atoms with Gasteiger partial charge in [-0.1, -0.05) is 17.8 Å². The van der Waals surface area contributed by atoms with E-state index in [2.05, 4.69) is 22.5 Å². The second-order valence-corrected chi connectivity index (χ2v) is 5.73. The quantitative estimate of drug-likeness (QED) is 0.145. The Morgan fingerprint density at radius 3 is 2.31 bits per heavy atom. The van der Waals surface area contributed by atoms with Crippen LogP contribution < -0.4 is 27.5 Å². The van der Waals surface area contributed by atoms with E-state index in [1.54, 1.807) is 6.08 Å². The van der Waals surface area contributed by atoms with E-state index >= 15 is 0 Å².